The summed E-state index contributed by atoms with van der Waals surface area (Å²) >= 11 is 0. The second-order valence-electron chi connectivity index (χ2n) is 13.0. The minimum absolute atomic E-state index is 0.00673. The fourth-order valence-electron chi connectivity index (χ4n) is 6.03. The van der Waals surface area contributed by atoms with Crippen molar-refractivity contribution >= 4 is 46.5 Å². The minimum atomic E-state index is -1.20. The summed E-state index contributed by atoms with van der Waals surface area (Å²) in [5, 5.41) is 14.4. The normalized spacial score (nSPS) is 22.2. The predicted octanol–water partition coefficient (Wildman–Crippen LogP) is 0.156. The summed E-state index contributed by atoms with van der Waals surface area (Å²) in [7, 11) is 1.46. The van der Waals surface area contributed by atoms with Gasteiger partial charge >= 0.3 is 6.09 Å². The van der Waals surface area contributed by atoms with Crippen LogP contribution >= 0.6 is 0 Å². The topological polar surface area (TPSA) is 209 Å². The van der Waals surface area contributed by atoms with E-state index in [-0.39, 0.29) is 51.7 Å². The van der Waals surface area contributed by atoms with Crippen LogP contribution in [0.15, 0.2) is 54.7 Å². The first-order valence-corrected chi connectivity index (χ1v) is 17.2. The molecule has 1 fully saturated rings. The van der Waals surface area contributed by atoms with Gasteiger partial charge in [0.1, 0.15) is 43.1 Å². The van der Waals surface area contributed by atoms with Crippen LogP contribution in [0.2, 0.25) is 0 Å². The number of hydrogen-bond donors (Lipinski definition) is 6. The van der Waals surface area contributed by atoms with Crippen molar-refractivity contribution < 1.29 is 43.0 Å². The van der Waals surface area contributed by atoms with Gasteiger partial charge in [-0.1, -0.05) is 44.2 Å². The molecule has 0 unspecified atom stereocenters. The van der Waals surface area contributed by atoms with Crippen LogP contribution < -0.4 is 31.3 Å². The Balaban J connectivity index is 1.50. The third-order valence-corrected chi connectivity index (χ3v) is 8.85. The van der Waals surface area contributed by atoms with Crippen LogP contribution in [0.4, 0.5) is 4.79 Å². The number of H-pyrrole nitrogens is 1. The van der Waals surface area contributed by atoms with E-state index >= 15 is 0 Å². The van der Waals surface area contributed by atoms with Gasteiger partial charge < -0.3 is 50.7 Å². The van der Waals surface area contributed by atoms with Gasteiger partial charge in [-0.2, -0.15) is 0 Å². The molecule has 3 aliphatic heterocycles. The molecule has 0 aliphatic carbocycles. The largest absolute Gasteiger partial charge is 0.492 e. The molecule has 1 saturated heterocycles. The standard InChI is InChI=1S/C36H45N7O9/c1-21(2)31-34(47)37-12-14-51-24-10-8-22(9-11-24)16-27(39-33(46)29-20-52-36(49)41-29)32(45)40-28(17-23-18-38-26-7-5-4-6-25(23)26)35(48)43(13-15-50-3)19-30(44)42-31/h4-11,18,21,27-29,31,38H,12-17,19-20H2,1-3H3,(H,37,47)(H,39,46)(H,40,45)(H,41,49)(H,42,44)/t27-,28-,29-,31-/m0/s1. The Hall–Kier alpha value is -5.64. The number of alkyl carbamates (subject to hydrolysis) is 1. The van der Waals surface area contributed by atoms with Crippen LogP contribution in [-0.4, -0.2) is 116 Å². The lowest BCUT2D eigenvalue weighted by atomic mass is 10.0. The number of nitrogens with one attached hydrogen (secondary N) is 6. The molecule has 16 nitrogen and oxygen atoms in total. The van der Waals surface area contributed by atoms with Crippen molar-refractivity contribution in [1.29, 1.82) is 0 Å². The predicted molar refractivity (Wildman–Crippen MR) is 188 cm³/mol. The van der Waals surface area contributed by atoms with Crippen molar-refractivity contribution in [2.75, 3.05) is 46.6 Å². The first-order chi connectivity index (χ1) is 25.0. The molecule has 2 aromatic carbocycles. The van der Waals surface area contributed by atoms with E-state index < -0.39 is 66.3 Å². The molecule has 4 atom stereocenters. The van der Waals surface area contributed by atoms with Crippen molar-refractivity contribution in [3.63, 3.8) is 0 Å². The number of fused-ring (bicyclic) bond motifs is 18. The highest BCUT2D eigenvalue weighted by Gasteiger charge is 2.35. The van der Waals surface area contributed by atoms with E-state index in [1.807, 2.05) is 24.3 Å². The van der Waals surface area contributed by atoms with Crippen molar-refractivity contribution in [2.45, 2.75) is 50.9 Å². The maximum atomic E-state index is 14.5. The van der Waals surface area contributed by atoms with Crippen LogP contribution in [0.1, 0.15) is 25.0 Å². The number of para-hydroxylation sites is 1. The average Bonchev–Trinajstić information content (AvgIpc) is 3.76. The summed E-state index contributed by atoms with van der Waals surface area (Å²) in [4.78, 5) is 84.6. The summed E-state index contributed by atoms with van der Waals surface area (Å²) in [6, 6.07) is 10.1. The van der Waals surface area contributed by atoms with Gasteiger partial charge in [-0.25, -0.2) is 4.79 Å². The number of methoxy groups -OCH3 is 1. The van der Waals surface area contributed by atoms with Gasteiger partial charge in [0.2, 0.25) is 29.5 Å². The van der Waals surface area contributed by atoms with Crippen LogP contribution in [0.3, 0.4) is 0 Å². The number of aromatic amines is 1. The highest BCUT2D eigenvalue weighted by Crippen LogP contribution is 2.20. The first kappa shape index (κ1) is 37.6. The molecular weight excluding hydrogens is 674 g/mol. The zero-order chi connectivity index (χ0) is 37.2. The fraction of sp³-hybridized carbons (Fsp3) is 0.444. The third-order valence-electron chi connectivity index (χ3n) is 8.85. The van der Waals surface area contributed by atoms with Gasteiger partial charge in [-0.15, -0.1) is 0 Å². The third kappa shape index (κ3) is 9.78. The van der Waals surface area contributed by atoms with Crippen molar-refractivity contribution in [3.8, 4) is 5.75 Å². The van der Waals surface area contributed by atoms with Gasteiger partial charge in [0.25, 0.3) is 0 Å². The van der Waals surface area contributed by atoms with E-state index in [0.29, 0.717) is 11.3 Å². The van der Waals surface area contributed by atoms with Crippen molar-refractivity contribution in [2.24, 2.45) is 5.92 Å². The van der Waals surface area contributed by atoms with E-state index in [1.54, 1.807) is 44.3 Å². The van der Waals surface area contributed by atoms with Crippen LogP contribution in [0.25, 0.3) is 10.9 Å². The van der Waals surface area contributed by atoms with Crippen LogP contribution in [0, 0.1) is 5.92 Å². The number of hydrogen-bond acceptors (Lipinski definition) is 9. The second kappa shape index (κ2) is 17.5. The maximum Gasteiger partial charge on any atom is 0.407 e. The van der Waals surface area contributed by atoms with E-state index in [0.717, 1.165) is 16.5 Å². The quantitative estimate of drug-likeness (QED) is 0.175. The minimum Gasteiger partial charge on any atom is -0.492 e. The number of cyclic esters (lactones) is 1. The van der Waals surface area contributed by atoms with Crippen LogP contribution in [0.5, 0.6) is 5.75 Å². The van der Waals surface area contributed by atoms with Crippen molar-refractivity contribution in [1.82, 2.24) is 36.5 Å². The Morgan fingerprint density at radius 2 is 1.75 bits per heavy atom. The molecule has 1 aromatic heterocycles. The molecule has 52 heavy (non-hydrogen) atoms. The molecule has 4 heterocycles. The lowest BCUT2D eigenvalue weighted by molar-refractivity contribution is -0.141. The Labute approximate surface area is 300 Å². The van der Waals surface area contributed by atoms with E-state index in [1.165, 1.54) is 12.0 Å². The Morgan fingerprint density at radius 3 is 2.46 bits per heavy atom. The molecule has 0 spiro atoms. The zero-order valence-electron chi connectivity index (χ0n) is 29.4. The monoisotopic (exact) mass is 719 g/mol. The Bertz CT molecular complexity index is 1760. The summed E-state index contributed by atoms with van der Waals surface area (Å²) in [5.41, 5.74) is 2.23. The lowest BCUT2D eigenvalue weighted by Gasteiger charge is -2.30. The number of carbonyl (C=O) groups excluding carboxylic acids is 6. The number of rotatable bonds is 8. The summed E-state index contributed by atoms with van der Waals surface area (Å²) in [6.07, 6.45) is 1.07. The van der Waals surface area contributed by atoms with Gasteiger partial charge in [0.15, 0.2) is 0 Å². The zero-order valence-corrected chi connectivity index (χ0v) is 29.4. The highest BCUT2D eigenvalue weighted by atomic mass is 16.6. The van der Waals surface area contributed by atoms with E-state index in [4.69, 9.17) is 14.2 Å². The lowest BCUT2D eigenvalue weighted by Crippen LogP contribution is -2.59. The molecule has 6 rings (SSSR count). The number of ether oxygens (including phenoxy) is 3. The van der Waals surface area contributed by atoms with E-state index in [2.05, 4.69) is 31.6 Å². The fourth-order valence-corrected chi connectivity index (χ4v) is 6.03. The maximum absolute atomic E-state index is 14.5. The SMILES string of the molecule is COCCN1CC(=O)N[C@@H](C(C)C)C(=O)NCCOc2ccc(cc2)C[C@H](NC(=O)[C@@H]2COC(=O)N2)C(=O)N[C@@H](Cc2c[nH]c3ccccc23)C1=O. The molecule has 0 radical (unpaired) electrons. The number of carbonyl (C=O) groups is 6. The molecule has 3 aromatic rings. The molecule has 278 valence electrons. The van der Waals surface area contributed by atoms with E-state index in [9.17, 15) is 28.8 Å². The van der Waals surface area contributed by atoms with Gasteiger partial charge in [0, 0.05) is 43.6 Å². The number of aromatic nitrogens is 1. The number of benzene rings is 2. The Morgan fingerprint density at radius 1 is 0.981 bits per heavy atom. The molecule has 0 saturated carbocycles. The smallest absolute Gasteiger partial charge is 0.407 e. The molecule has 16 heteroatoms. The van der Waals surface area contributed by atoms with Gasteiger partial charge in [-0.05, 0) is 35.2 Å². The van der Waals surface area contributed by atoms with Gasteiger partial charge in [-0.3, -0.25) is 24.0 Å². The van der Waals surface area contributed by atoms with Crippen LogP contribution in [-0.2, 0) is 46.3 Å². The molecule has 3 aliphatic rings. The first-order valence-electron chi connectivity index (χ1n) is 17.2. The Kier molecular flexibility index (Phi) is 12.7. The molecule has 6 amide bonds. The summed E-state index contributed by atoms with van der Waals surface area (Å²) in [5.74, 6) is -2.62. The number of amides is 6. The summed E-state index contributed by atoms with van der Waals surface area (Å²) in [6.45, 7) is 3.38. The number of nitrogens with zero attached hydrogens (tertiary/aromatic N) is 1. The highest BCUT2D eigenvalue weighted by molar-refractivity contribution is 5.96. The molecule has 2 bridgehead atoms. The van der Waals surface area contributed by atoms with Crippen molar-refractivity contribution in [3.05, 3.63) is 65.9 Å². The molecule has 6 N–H and O–H groups in total. The average molecular weight is 720 g/mol. The second-order valence-corrected chi connectivity index (χ2v) is 13.0. The van der Waals surface area contributed by atoms with Gasteiger partial charge in [0.05, 0.1) is 19.7 Å². The molecular formula is C36H45N7O9. The summed E-state index contributed by atoms with van der Waals surface area (Å²) < 4.78 is 15.9.